The Kier molecular flexibility index (Phi) is 9.13. The molecule has 6 nitrogen and oxygen atoms in total. The highest BCUT2D eigenvalue weighted by molar-refractivity contribution is 5.91. The molecule has 0 aliphatic carbocycles. The molecule has 1 aromatic heterocycles. The number of hydrogen-bond donors (Lipinski definition) is 1. The highest BCUT2D eigenvalue weighted by atomic mass is 16.5. The van der Waals surface area contributed by atoms with Crippen LogP contribution in [0.5, 0.6) is 11.5 Å². The van der Waals surface area contributed by atoms with E-state index in [0.29, 0.717) is 13.2 Å². The highest BCUT2D eigenvalue weighted by Crippen LogP contribution is 2.28. The Bertz CT molecular complexity index is 1360. The molecule has 1 heterocycles. The van der Waals surface area contributed by atoms with Crippen molar-refractivity contribution in [1.82, 2.24) is 14.9 Å². The summed E-state index contributed by atoms with van der Waals surface area (Å²) in [6, 6.07) is 23.8. The van der Waals surface area contributed by atoms with Crippen LogP contribution in [0.1, 0.15) is 29.8 Å². The number of carbonyl (C=O) groups excluding carboxylic acids is 1. The van der Waals surface area contributed by atoms with Crippen LogP contribution in [0.2, 0.25) is 0 Å². The van der Waals surface area contributed by atoms with Gasteiger partial charge in [0.2, 0.25) is 5.91 Å². The normalized spacial score (nSPS) is 11.1. The Balaban J connectivity index is 1.33. The number of unbranched alkanes of at least 4 members (excludes halogenated alkanes) is 1. The largest absolute Gasteiger partial charge is 0.493 e. The monoisotopic (exact) mass is 495 g/mol. The SMILES string of the molecule is C=CCc1ccc(OCCCCn2c(CNC(=O)/C=C\c3ccccc3)nc3ccccc32)c(OC)c1. The number of hydrogen-bond acceptors (Lipinski definition) is 4. The molecule has 190 valence electrons. The number of amides is 1. The van der Waals surface area contributed by atoms with Crippen LogP contribution in [0, 0.1) is 0 Å². The number of rotatable bonds is 13. The van der Waals surface area contributed by atoms with Crippen LogP contribution in [0.4, 0.5) is 0 Å². The number of carbonyl (C=O) groups is 1. The maximum absolute atomic E-state index is 12.4. The van der Waals surface area contributed by atoms with Crippen molar-refractivity contribution in [2.75, 3.05) is 13.7 Å². The summed E-state index contributed by atoms with van der Waals surface area (Å²) in [5, 5.41) is 2.97. The average molecular weight is 496 g/mol. The topological polar surface area (TPSA) is 65.4 Å². The Morgan fingerprint density at radius 1 is 1.03 bits per heavy atom. The minimum atomic E-state index is -0.149. The fourth-order valence-electron chi connectivity index (χ4n) is 4.15. The number of benzene rings is 3. The van der Waals surface area contributed by atoms with Crippen LogP contribution < -0.4 is 14.8 Å². The Morgan fingerprint density at radius 2 is 1.84 bits per heavy atom. The zero-order chi connectivity index (χ0) is 25.9. The minimum absolute atomic E-state index is 0.149. The molecule has 37 heavy (non-hydrogen) atoms. The van der Waals surface area contributed by atoms with Crippen LogP contribution in [-0.4, -0.2) is 29.2 Å². The molecule has 0 radical (unpaired) electrons. The predicted molar refractivity (Wildman–Crippen MR) is 149 cm³/mol. The summed E-state index contributed by atoms with van der Waals surface area (Å²) in [5.41, 5.74) is 4.11. The summed E-state index contributed by atoms with van der Waals surface area (Å²) in [6.07, 6.45) is 7.80. The van der Waals surface area contributed by atoms with Crippen molar-refractivity contribution in [3.63, 3.8) is 0 Å². The van der Waals surface area contributed by atoms with Crippen molar-refractivity contribution in [1.29, 1.82) is 0 Å². The van der Waals surface area contributed by atoms with Gasteiger partial charge in [-0.3, -0.25) is 4.79 Å². The van der Waals surface area contributed by atoms with Gasteiger partial charge in [0.25, 0.3) is 0 Å². The van der Waals surface area contributed by atoms with Gasteiger partial charge in [0.05, 0.1) is 31.3 Å². The second-order valence-corrected chi connectivity index (χ2v) is 8.66. The number of aryl methyl sites for hydroxylation is 1. The maximum atomic E-state index is 12.4. The fraction of sp³-hybridized carbons (Fsp3) is 0.226. The lowest BCUT2D eigenvalue weighted by molar-refractivity contribution is -0.116. The molecule has 4 rings (SSSR count). The van der Waals surface area contributed by atoms with Gasteiger partial charge in [-0.25, -0.2) is 4.98 Å². The molecule has 1 amide bonds. The first-order chi connectivity index (χ1) is 18.2. The second kappa shape index (κ2) is 13.1. The molecular formula is C31H33N3O3. The van der Waals surface area contributed by atoms with E-state index in [2.05, 4.69) is 22.5 Å². The van der Waals surface area contributed by atoms with E-state index >= 15 is 0 Å². The molecule has 0 atom stereocenters. The van der Waals surface area contributed by atoms with Crippen LogP contribution in [0.25, 0.3) is 17.1 Å². The molecule has 0 spiro atoms. The summed E-state index contributed by atoms with van der Waals surface area (Å²) >= 11 is 0. The number of allylic oxidation sites excluding steroid dienone is 1. The van der Waals surface area contributed by atoms with Crippen molar-refractivity contribution >= 4 is 23.0 Å². The zero-order valence-corrected chi connectivity index (χ0v) is 21.2. The molecule has 0 aliphatic rings. The van der Waals surface area contributed by atoms with Gasteiger partial charge >= 0.3 is 0 Å². The van der Waals surface area contributed by atoms with E-state index in [1.165, 1.54) is 0 Å². The number of nitrogens with zero attached hydrogens (tertiary/aromatic N) is 2. The summed E-state index contributed by atoms with van der Waals surface area (Å²) < 4.78 is 13.7. The van der Waals surface area contributed by atoms with Crippen molar-refractivity contribution in [2.24, 2.45) is 0 Å². The van der Waals surface area contributed by atoms with E-state index in [0.717, 1.165) is 65.3 Å². The van der Waals surface area contributed by atoms with E-state index in [9.17, 15) is 4.79 Å². The summed E-state index contributed by atoms with van der Waals surface area (Å²) in [4.78, 5) is 17.2. The van der Waals surface area contributed by atoms with E-state index in [-0.39, 0.29) is 5.91 Å². The first kappa shape index (κ1) is 25.8. The van der Waals surface area contributed by atoms with E-state index < -0.39 is 0 Å². The standard InChI is InChI=1S/C31H33N3O3/c1-3-11-25-16-18-28(29(22-25)36-2)37-21-10-9-20-34-27-15-8-7-14-26(27)33-30(34)23-32-31(35)19-17-24-12-5-4-6-13-24/h3-8,12-19,22H,1,9-11,20-21,23H2,2H3,(H,32,35)/b19-17-. The van der Waals surface area contributed by atoms with Gasteiger partial charge in [-0.15, -0.1) is 6.58 Å². The number of fused-ring (bicyclic) bond motifs is 1. The maximum Gasteiger partial charge on any atom is 0.244 e. The predicted octanol–water partition coefficient (Wildman–Crippen LogP) is 5.96. The first-order valence-electron chi connectivity index (χ1n) is 12.5. The summed E-state index contributed by atoms with van der Waals surface area (Å²) in [5.74, 6) is 2.17. The van der Waals surface area contributed by atoms with Crippen LogP contribution in [0.15, 0.2) is 91.5 Å². The van der Waals surface area contributed by atoms with Gasteiger partial charge in [0, 0.05) is 12.6 Å². The minimum Gasteiger partial charge on any atom is -0.493 e. The van der Waals surface area contributed by atoms with E-state index in [1.54, 1.807) is 19.3 Å². The molecule has 0 saturated carbocycles. The molecule has 3 aromatic carbocycles. The van der Waals surface area contributed by atoms with Gasteiger partial charge in [0.15, 0.2) is 11.5 Å². The summed E-state index contributed by atoms with van der Waals surface area (Å²) in [7, 11) is 1.65. The molecule has 0 unspecified atom stereocenters. The molecule has 1 N–H and O–H groups in total. The van der Waals surface area contributed by atoms with Gasteiger partial charge in [-0.2, -0.15) is 0 Å². The van der Waals surface area contributed by atoms with Gasteiger partial charge in [0.1, 0.15) is 5.82 Å². The van der Waals surface area contributed by atoms with Crippen molar-refractivity contribution < 1.29 is 14.3 Å². The quantitative estimate of drug-likeness (QED) is 0.141. The van der Waals surface area contributed by atoms with Crippen molar-refractivity contribution in [3.8, 4) is 11.5 Å². The second-order valence-electron chi connectivity index (χ2n) is 8.66. The van der Waals surface area contributed by atoms with Crippen molar-refractivity contribution in [3.05, 3.63) is 108 Å². The first-order valence-corrected chi connectivity index (χ1v) is 12.5. The van der Waals surface area contributed by atoms with Crippen LogP contribution in [-0.2, 0) is 24.3 Å². The van der Waals surface area contributed by atoms with E-state index in [4.69, 9.17) is 14.5 Å². The number of nitrogens with one attached hydrogen (secondary N) is 1. The highest BCUT2D eigenvalue weighted by Gasteiger charge is 2.11. The van der Waals surface area contributed by atoms with Gasteiger partial charge in [-0.05, 0) is 60.7 Å². The number of aromatic nitrogens is 2. The van der Waals surface area contributed by atoms with Crippen molar-refractivity contribution in [2.45, 2.75) is 32.4 Å². The molecule has 0 aliphatic heterocycles. The third-order valence-electron chi connectivity index (χ3n) is 6.02. The molecule has 0 bridgehead atoms. The zero-order valence-electron chi connectivity index (χ0n) is 21.2. The Labute approximate surface area is 218 Å². The lowest BCUT2D eigenvalue weighted by Crippen LogP contribution is -2.22. The average Bonchev–Trinajstić information content (AvgIpc) is 3.29. The fourth-order valence-corrected chi connectivity index (χ4v) is 4.15. The number of imidazole rings is 1. The lowest BCUT2D eigenvalue weighted by Gasteiger charge is -2.13. The molecule has 4 aromatic rings. The lowest BCUT2D eigenvalue weighted by atomic mass is 10.1. The molecular weight excluding hydrogens is 462 g/mol. The number of methoxy groups -OCH3 is 1. The van der Waals surface area contributed by atoms with Crippen LogP contribution >= 0.6 is 0 Å². The Hall–Kier alpha value is -4.32. The van der Waals surface area contributed by atoms with Gasteiger partial charge in [-0.1, -0.05) is 54.6 Å². The van der Waals surface area contributed by atoms with Crippen LogP contribution in [0.3, 0.4) is 0 Å². The molecule has 6 heteroatoms. The third kappa shape index (κ3) is 7.10. The van der Waals surface area contributed by atoms with E-state index in [1.807, 2.05) is 72.8 Å². The third-order valence-corrected chi connectivity index (χ3v) is 6.02. The summed E-state index contributed by atoms with van der Waals surface area (Å²) in [6.45, 7) is 5.51. The molecule has 0 fully saturated rings. The smallest absolute Gasteiger partial charge is 0.244 e. The molecule has 0 saturated heterocycles. The van der Waals surface area contributed by atoms with Gasteiger partial charge < -0.3 is 19.4 Å². The Morgan fingerprint density at radius 3 is 2.65 bits per heavy atom. The number of ether oxygens (including phenoxy) is 2. The number of para-hydroxylation sites is 2.